The molecular formula is C22H26N4OS2. The van der Waals surface area contributed by atoms with Crippen LogP contribution in [-0.2, 0) is 10.2 Å². The fourth-order valence-electron chi connectivity index (χ4n) is 3.48. The van der Waals surface area contributed by atoms with Crippen molar-refractivity contribution in [2.75, 3.05) is 36.8 Å². The van der Waals surface area contributed by atoms with Gasteiger partial charge in [-0.1, -0.05) is 32.9 Å². The predicted octanol–water partition coefficient (Wildman–Crippen LogP) is 4.43. The molecule has 1 aliphatic heterocycles. The summed E-state index contributed by atoms with van der Waals surface area (Å²) in [5, 5.41) is 3.15. The maximum Gasteiger partial charge on any atom is 0.233 e. The molecule has 0 saturated carbocycles. The normalized spacial score (nSPS) is 15.1. The maximum atomic E-state index is 12.7. The van der Waals surface area contributed by atoms with Gasteiger partial charge in [0.1, 0.15) is 17.0 Å². The quantitative estimate of drug-likeness (QED) is 0.578. The van der Waals surface area contributed by atoms with Crippen LogP contribution in [0.1, 0.15) is 26.3 Å². The monoisotopic (exact) mass is 426 g/mol. The molecule has 1 aliphatic rings. The molecule has 0 aliphatic carbocycles. The van der Waals surface area contributed by atoms with Crippen LogP contribution in [0.15, 0.2) is 46.9 Å². The van der Waals surface area contributed by atoms with E-state index < -0.39 is 0 Å². The Balaban J connectivity index is 1.31. The predicted molar refractivity (Wildman–Crippen MR) is 122 cm³/mol. The zero-order valence-corrected chi connectivity index (χ0v) is 18.7. The molecule has 0 N–H and O–H groups in total. The molecule has 29 heavy (non-hydrogen) atoms. The Kier molecular flexibility index (Phi) is 5.79. The smallest absolute Gasteiger partial charge is 0.233 e. The van der Waals surface area contributed by atoms with E-state index in [1.807, 2.05) is 10.3 Å². The zero-order valence-electron chi connectivity index (χ0n) is 17.1. The van der Waals surface area contributed by atoms with Gasteiger partial charge in [-0.3, -0.25) is 4.79 Å². The summed E-state index contributed by atoms with van der Waals surface area (Å²) in [6.45, 7) is 9.71. The van der Waals surface area contributed by atoms with Crippen molar-refractivity contribution < 1.29 is 4.79 Å². The van der Waals surface area contributed by atoms with Crippen LogP contribution in [0.4, 0.5) is 5.82 Å². The Morgan fingerprint density at radius 2 is 1.79 bits per heavy atom. The van der Waals surface area contributed by atoms with E-state index in [1.54, 1.807) is 29.4 Å². The minimum Gasteiger partial charge on any atom is -0.352 e. The highest BCUT2D eigenvalue weighted by Crippen LogP contribution is 2.28. The van der Waals surface area contributed by atoms with E-state index in [9.17, 15) is 4.79 Å². The highest BCUT2D eigenvalue weighted by atomic mass is 32.2. The van der Waals surface area contributed by atoms with E-state index in [4.69, 9.17) is 0 Å². The molecule has 3 heterocycles. The molecule has 4 rings (SSSR count). The molecular weight excluding hydrogens is 400 g/mol. The average molecular weight is 427 g/mol. The topological polar surface area (TPSA) is 49.3 Å². The molecule has 1 fully saturated rings. The van der Waals surface area contributed by atoms with E-state index in [2.05, 4.69) is 66.0 Å². The minimum atomic E-state index is 0.150. The second-order valence-corrected chi connectivity index (χ2v) is 10.2. The largest absolute Gasteiger partial charge is 0.352 e. The summed E-state index contributed by atoms with van der Waals surface area (Å²) in [6, 6.07) is 10.7. The number of carbonyl (C=O) groups is 1. The third-order valence-corrected chi connectivity index (χ3v) is 7.07. The molecule has 0 unspecified atom stereocenters. The number of hydrogen-bond donors (Lipinski definition) is 0. The van der Waals surface area contributed by atoms with Crippen molar-refractivity contribution >= 4 is 45.0 Å². The van der Waals surface area contributed by atoms with Crippen LogP contribution in [0.25, 0.3) is 10.2 Å². The number of thioether (sulfide) groups is 1. The maximum absolute atomic E-state index is 12.7. The summed E-state index contributed by atoms with van der Waals surface area (Å²) in [7, 11) is 0. The lowest BCUT2D eigenvalue weighted by molar-refractivity contribution is -0.128. The molecule has 0 atom stereocenters. The molecule has 2 aromatic heterocycles. The molecule has 7 heteroatoms. The van der Waals surface area contributed by atoms with E-state index in [-0.39, 0.29) is 11.3 Å². The molecule has 3 aromatic rings. The van der Waals surface area contributed by atoms with Crippen LogP contribution >= 0.6 is 23.1 Å². The SMILES string of the molecule is CC(C)(C)c1ccc(SCC(=O)N2CCN(c3ncnc4sccc34)CC2)cc1. The van der Waals surface area contributed by atoms with Crippen molar-refractivity contribution in [3.63, 3.8) is 0 Å². The molecule has 0 radical (unpaired) electrons. The second-order valence-electron chi connectivity index (χ2n) is 8.27. The van der Waals surface area contributed by atoms with Crippen molar-refractivity contribution in [3.05, 3.63) is 47.6 Å². The van der Waals surface area contributed by atoms with E-state index in [0.29, 0.717) is 5.75 Å². The Labute approximate surface area is 180 Å². The highest BCUT2D eigenvalue weighted by Gasteiger charge is 2.23. The summed E-state index contributed by atoms with van der Waals surface area (Å²) >= 11 is 3.25. The number of piperazine rings is 1. The number of hydrogen-bond acceptors (Lipinski definition) is 6. The summed E-state index contributed by atoms with van der Waals surface area (Å²) in [5.41, 5.74) is 1.46. The first-order chi connectivity index (χ1) is 13.9. The summed E-state index contributed by atoms with van der Waals surface area (Å²) in [6.07, 6.45) is 1.63. The number of benzene rings is 1. The zero-order chi connectivity index (χ0) is 20.4. The van der Waals surface area contributed by atoms with Gasteiger partial charge in [-0.2, -0.15) is 0 Å². The summed E-state index contributed by atoms with van der Waals surface area (Å²) in [4.78, 5) is 27.9. The van der Waals surface area contributed by atoms with E-state index in [1.165, 1.54) is 5.56 Å². The van der Waals surface area contributed by atoms with Crippen molar-refractivity contribution in [1.29, 1.82) is 0 Å². The van der Waals surface area contributed by atoms with Crippen LogP contribution < -0.4 is 4.90 Å². The fourth-order valence-corrected chi connectivity index (χ4v) is 5.01. The molecule has 5 nitrogen and oxygen atoms in total. The van der Waals surface area contributed by atoms with Crippen LogP contribution in [0.2, 0.25) is 0 Å². The van der Waals surface area contributed by atoms with Gasteiger partial charge in [0.25, 0.3) is 0 Å². The van der Waals surface area contributed by atoms with Gasteiger partial charge in [0.2, 0.25) is 5.91 Å². The second kappa shape index (κ2) is 8.32. The molecule has 152 valence electrons. The molecule has 1 aromatic carbocycles. The van der Waals surface area contributed by atoms with Crippen LogP contribution in [-0.4, -0.2) is 52.7 Å². The number of carbonyl (C=O) groups excluding carboxylic acids is 1. The van der Waals surface area contributed by atoms with Gasteiger partial charge in [-0.15, -0.1) is 23.1 Å². The number of fused-ring (bicyclic) bond motifs is 1. The Morgan fingerprint density at radius 1 is 1.07 bits per heavy atom. The van der Waals surface area contributed by atoms with Gasteiger partial charge >= 0.3 is 0 Å². The lowest BCUT2D eigenvalue weighted by Gasteiger charge is -2.35. The first kappa shape index (κ1) is 20.2. The lowest BCUT2D eigenvalue weighted by Crippen LogP contribution is -2.49. The highest BCUT2D eigenvalue weighted by molar-refractivity contribution is 8.00. The van der Waals surface area contributed by atoms with E-state index in [0.717, 1.165) is 47.1 Å². The summed E-state index contributed by atoms with van der Waals surface area (Å²) < 4.78 is 0. The summed E-state index contributed by atoms with van der Waals surface area (Å²) in [5.74, 6) is 1.67. The lowest BCUT2D eigenvalue weighted by atomic mass is 9.87. The van der Waals surface area contributed by atoms with Gasteiger partial charge < -0.3 is 9.80 Å². The first-order valence-electron chi connectivity index (χ1n) is 9.86. The van der Waals surface area contributed by atoms with Gasteiger partial charge in [0.05, 0.1) is 11.1 Å². The number of anilines is 1. The fraction of sp³-hybridized carbons (Fsp3) is 0.409. The number of nitrogens with zero attached hydrogens (tertiary/aromatic N) is 4. The molecule has 0 spiro atoms. The third-order valence-electron chi connectivity index (χ3n) is 5.26. The van der Waals surface area contributed by atoms with Gasteiger partial charge in [0.15, 0.2) is 0 Å². The standard InChI is InChI=1S/C22H26N4OS2/c1-22(2,3)16-4-6-17(7-5-16)29-14-19(27)25-9-11-26(12-10-25)20-18-8-13-28-21(18)24-15-23-20/h4-8,13,15H,9-12,14H2,1-3H3. The van der Waals surface area contributed by atoms with Crippen molar-refractivity contribution in [2.24, 2.45) is 0 Å². The number of rotatable bonds is 4. The minimum absolute atomic E-state index is 0.150. The third kappa shape index (κ3) is 4.56. The van der Waals surface area contributed by atoms with E-state index >= 15 is 0 Å². The average Bonchev–Trinajstić information content (AvgIpc) is 3.21. The Morgan fingerprint density at radius 3 is 2.48 bits per heavy atom. The van der Waals surface area contributed by atoms with Crippen molar-refractivity contribution in [2.45, 2.75) is 31.1 Å². The number of aromatic nitrogens is 2. The van der Waals surface area contributed by atoms with Crippen molar-refractivity contribution in [1.82, 2.24) is 14.9 Å². The number of thiophene rings is 1. The Hall–Kier alpha value is -2.12. The first-order valence-corrected chi connectivity index (χ1v) is 11.7. The molecule has 1 saturated heterocycles. The molecule has 1 amide bonds. The van der Waals surface area contributed by atoms with Crippen LogP contribution in [0.3, 0.4) is 0 Å². The van der Waals surface area contributed by atoms with Gasteiger partial charge in [-0.05, 0) is 34.6 Å². The van der Waals surface area contributed by atoms with Gasteiger partial charge in [-0.25, -0.2) is 9.97 Å². The number of amides is 1. The molecule has 0 bridgehead atoms. The van der Waals surface area contributed by atoms with Crippen LogP contribution in [0, 0.1) is 0 Å². The van der Waals surface area contributed by atoms with Crippen LogP contribution in [0.5, 0.6) is 0 Å². The van der Waals surface area contributed by atoms with Crippen molar-refractivity contribution in [3.8, 4) is 0 Å². The Bertz CT molecular complexity index is 986. The van der Waals surface area contributed by atoms with Gasteiger partial charge in [0, 0.05) is 31.1 Å².